The highest BCUT2D eigenvalue weighted by Crippen LogP contribution is 2.27. The summed E-state index contributed by atoms with van der Waals surface area (Å²) in [5, 5.41) is 9.42. The summed E-state index contributed by atoms with van der Waals surface area (Å²) < 4.78 is 0.793. The van der Waals surface area contributed by atoms with Gasteiger partial charge in [-0.15, -0.1) is 0 Å². The van der Waals surface area contributed by atoms with Crippen LogP contribution in [0.1, 0.15) is 21.5 Å². The van der Waals surface area contributed by atoms with Gasteiger partial charge in [0.05, 0.1) is 11.3 Å². The van der Waals surface area contributed by atoms with Gasteiger partial charge in [0.2, 0.25) is 0 Å². The molecular weight excluding hydrogens is 330 g/mol. The Morgan fingerprint density at radius 2 is 1.67 bits per heavy atom. The predicted molar refractivity (Wildman–Crippen MR) is 87.2 cm³/mol. The molecule has 0 unspecified atom stereocenters. The van der Waals surface area contributed by atoms with Crippen LogP contribution in [-0.4, -0.2) is 24.2 Å². The molecule has 1 aliphatic rings. The predicted octanol–water partition coefficient (Wildman–Crippen LogP) is 3.75. The third-order valence-electron chi connectivity index (χ3n) is 3.95. The molecule has 0 atom stereocenters. The molecule has 3 nitrogen and oxygen atoms in total. The average Bonchev–Trinajstić information content (AvgIpc) is 2.70. The summed E-state index contributed by atoms with van der Waals surface area (Å²) >= 11 is 3.35. The average molecular weight is 346 g/mol. The molecule has 0 saturated carbocycles. The van der Waals surface area contributed by atoms with E-state index in [1.54, 1.807) is 6.07 Å². The Hall–Kier alpha value is -1.81. The Balaban J connectivity index is 1.91. The van der Waals surface area contributed by atoms with E-state index in [1.807, 2.05) is 12.1 Å². The maximum absolute atomic E-state index is 11.5. The molecule has 0 aliphatic carbocycles. The van der Waals surface area contributed by atoms with Crippen LogP contribution < -0.4 is 4.90 Å². The molecule has 21 heavy (non-hydrogen) atoms. The van der Waals surface area contributed by atoms with Crippen molar-refractivity contribution in [3.8, 4) is 0 Å². The van der Waals surface area contributed by atoms with Gasteiger partial charge in [-0.25, -0.2) is 4.79 Å². The lowest BCUT2D eigenvalue weighted by atomic mass is 10.0. The Bertz CT molecular complexity index is 657. The third-order valence-corrected chi connectivity index (χ3v) is 4.44. The van der Waals surface area contributed by atoms with Gasteiger partial charge in [-0.1, -0.05) is 40.2 Å². The summed E-state index contributed by atoms with van der Waals surface area (Å²) in [7, 11) is 0. The lowest BCUT2D eigenvalue weighted by molar-refractivity contribution is 0.0697. The normalized spacial score (nSPS) is 14.4. The smallest absolute Gasteiger partial charge is 0.337 e. The van der Waals surface area contributed by atoms with Crippen molar-refractivity contribution in [2.24, 2.45) is 0 Å². The second kappa shape index (κ2) is 5.90. The summed E-state index contributed by atoms with van der Waals surface area (Å²) in [6.45, 7) is 1.69. The van der Waals surface area contributed by atoms with Gasteiger partial charge in [-0.2, -0.15) is 0 Å². The molecule has 0 saturated heterocycles. The minimum atomic E-state index is -0.881. The van der Waals surface area contributed by atoms with Crippen molar-refractivity contribution in [3.05, 3.63) is 63.6 Å². The zero-order valence-corrected chi connectivity index (χ0v) is 13.1. The van der Waals surface area contributed by atoms with Gasteiger partial charge in [-0.05, 0) is 42.2 Å². The quantitative estimate of drug-likeness (QED) is 0.900. The summed E-state index contributed by atoms with van der Waals surface area (Å²) in [4.78, 5) is 13.6. The minimum absolute atomic E-state index is 0.357. The van der Waals surface area contributed by atoms with E-state index in [1.165, 1.54) is 11.1 Å². The van der Waals surface area contributed by atoms with Crippen LogP contribution in [0.2, 0.25) is 0 Å². The molecule has 0 aromatic heterocycles. The van der Waals surface area contributed by atoms with E-state index in [9.17, 15) is 9.90 Å². The van der Waals surface area contributed by atoms with Gasteiger partial charge >= 0.3 is 5.97 Å². The van der Waals surface area contributed by atoms with E-state index in [4.69, 9.17) is 0 Å². The van der Waals surface area contributed by atoms with Crippen molar-refractivity contribution in [1.82, 2.24) is 0 Å². The van der Waals surface area contributed by atoms with Gasteiger partial charge in [0, 0.05) is 17.6 Å². The molecule has 2 aromatic rings. The number of hydrogen-bond acceptors (Lipinski definition) is 2. The van der Waals surface area contributed by atoms with Crippen molar-refractivity contribution in [2.75, 3.05) is 18.0 Å². The van der Waals surface area contributed by atoms with Gasteiger partial charge < -0.3 is 10.0 Å². The Kier molecular flexibility index (Phi) is 3.97. The maximum Gasteiger partial charge on any atom is 0.337 e. The van der Waals surface area contributed by atoms with Crippen LogP contribution in [0.15, 0.2) is 46.9 Å². The van der Waals surface area contributed by atoms with Crippen LogP contribution in [0.25, 0.3) is 0 Å². The van der Waals surface area contributed by atoms with E-state index in [0.29, 0.717) is 5.56 Å². The van der Waals surface area contributed by atoms with Crippen molar-refractivity contribution in [3.63, 3.8) is 0 Å². The van der Waals surface area contributed by atoms with Crippen molar-refractivity contribution in [1.29, 1.82) is 0 Å². The third kappa shape index (κ3) is 2.95. The molecule has 3 rings (SSSR count). The second-order valence-corrected chi connectivity index (χ2v) is 6.14. The highest BCUT2D eigenvalue weighted by atomic mass is 79.9. The second-order valence-electron chi connectivity index (χ2n) is 5.22. The van der Waals surface area contributed by atoms with Gasteiger partial charge in [0.25, 0.3) is 0 Å². The minimum Gasteiger partial charge on any atom is -0.478 e. The van der Waals surface area contributed by atoms with E-state index in [0.717, 1.165) is 36.1 Å². The zero-order chi connectivity index (χ0) is 14.8. The molecule has 1 N–H and O–H groups in total. The highest BCUT2D eigenvalue weighted by molar-refractivity contribution is 9.10. The number of hydrogen-bond donors (Lipinski definition) is 1. The van der Waals surface area contributed by atoms with Crippen LogP contribution in [0.3, 0.4) is 0 Å². The summed E-state index contributed by atoms with van der Waals surface area (Å²) in [5.74, 6) is -0.881. The van der Waals surface area contributed by atoms with E-state index in [2.05, 4.69) is 45.1 Å². The molecule has 1 aliphatic heterocycles. The highest BCUT2D eigenvalue weighted by Gasteiger charge is 2.19. The first-order valence-corrected chi connectivity index (χ1v) is 7.79. The van der Waals surface area contributed by atoms with Gasteiger partial charge in [-0.3, -0.25) is 0 Å². The number of halogens is 1. The molecule has 0 fully saturated rings. The first-order valence-electron chi connectivity index (χ1n) is 7.00. The molecule has 0 amide bonds. The summed E-state index contributed by atoms with van der Waals surface area (Å²) in [5.41, 5.74) is 3.90. The lowest BCUT2D eigenvalue weighted by Crippen LogP contribution is -2.27. The number of rotatable bonds is 2. The zero-order valence-electron chi connectivity index (χ0n) is 11.6. The number of carboxylic acid groups (broad SMARTS) is 1. The van der Waals surface area contributed by atoms with E-state index in [-0.39, 0.29) is 0 Å². The van der Waals surface area contributed by atoms with Crippen LogP contribution in [0.5, 0.6) is 0 Å². The molecule has 4 heteroatoms. The summed E-state index contributed by atoms with van der Waals surface area (Å²) in [6, 6.07) is 13.9. The van der Waals surface area contributed by atoms with Crippen molar-refractivity contribution < 1.29 is 9.90 Å². The Labute approximate surface area is 132 Å². The number of nitrogens with zero attached hydrogens (tertiary/aromatic N) is 1. The monoisotopic (exact) mass is 345 g/mol. The van der Waals surface area contributed by atoms with Crippen molar-refractivity contribution >= 4 is 27.6 Å². The fourth-order valence-electron chi connectivity index (χ4n) is 2.86. The van der Waals surface area contributed by atoms with Crippen LogP contribution in [0.4, 0.5) is 5.69 Å². The molecule has 2 aromatic carbocycles. The largest absolute Gasteiger partial charge is 0.478 e. The fraction of sp³-hybridized carbons (Fsp3) is 0.235. The Morgan fingerprint density at radius 1 is 1.05 bits per heavy atom. The standard InChI is InChI=1S/C17H16BrNO2/c18-14-5-6-16(15(11-14)17(20)21)19-9-7-12-3-1-2-4-13(12)8-10-19/h1-6,11H,7-10H2,(H,20,21). The number of fused-ring (bicyclic) bond motifs is 1. The number of carbonyl (C=O) groups is 1. The number of carboxylic acids is 1. The number of anilines is 1. The molecule has 0 radical (unpaired) electrons. The SMILES string of the molecule is O=C(O)c1cc(Br)ccc1N1CCc2ccccc2CC1. The molecule has 0 bridgehead atoms. The Morgan fingerprint density at radius 3 is 2.24 bits per heavy atom. The van der Waals surface area contributed by atoms with Gasteiger partial charge in [0.1, 0.15) is 0 Å². The maximum atomic E-state index is 11.5. The molecular formula is C17H16BrNO2. The summed E-state index contributed by atoms with van der Waals surface area (Å²) in [6.07, 6.45) is 1.90. The number of aromatic carboxylic acids is 1. The van der Waals surface area contributed by atoms with E-state index >= 15 is 0 Å². The fourth-order valence-corrected chi connectivity index (χ4v) is 3.23. The molecule has 0 spiro atoms. The van der Waals surface area contributed by atoms with E-state index < -0.39 is 5.97 Å². The number of benzene rings is 2. The topological polar surface area (TPSA) is 40.5 Å². The van der Waals surface area contributed by atoms with Crippen LogP contribution >= 0.6 is 15.9 Å². The first kappa shape index (κ1) is 14.1. The van der Waals surface area contributed by atoms with Crippen molar-refractivity contribution in [2.45, 2.75) is 12.8 Å². The van der Waals surface area contributed by atoms with Crippen LogP contribution in [0, 0.1) is 0 Å². The van der Waals surface area contributed by atoms with Crippen LogP contribution in [-0.2, 0) is 12.8 Å². The molecule has 1 heterocycles. The molecule has 108 valence electrons. The first-order chi connectivity index (χ1) is 10.1. The van der Waals surface area contributed by atoms with Gasteiger partial charge in [0.15, 0.2) is 0 Å². The lowest BCUT2D eigenvalue weighted by Gasteiger charge is -2.24.